The molecule has 1 aliphatic carbocycles. The second-order valence-electron chi connectivity index (χ2n) is 8.19. The molecular formula is C25H27FN2O2S2. The second-order valence-corrected chi connectivity index (χ2v) is 10.2. The van der Waals surface area contributed by atoms with Gasteiger partial charge >= 0.3 is 0 Å². The van der Waals surface area contributed by atoms with Crippen molar-refractivity contribution in [2.24, 2.45) is 0 Å². The average molecular weight is 471 g/mol. The summed E-state index contributed by atoms with van der Waals surface area (Å²) < 4.78 is 15.0. The highest BCUT2D eigenvalue weighted by Crippen LogP contribution is 2.35. The summed E-state index contributed by atoms with van der Waals surface area (Å²) in [4.78, 5) is 30.3. The van der Waals surface area contributed by atoms with Gasteiger partial charge in [-0.2, -0.15) is 0 Å². The van der Waals surface area contributed by atoms with Crippen LogP contribution in [-0.4, -0.2) is 17.9 Å². The number of hydrogen-bond donors (Lipinski definition) is 1. The van der Waals surface area contributed by atoms with Crippen molar-refractivity contribution in [3.63, 3.8) is 0 Å². The highest BCUT2D eigenvalue weighted by Gasteiger charge is 2.36. The molecule has 4 nitrogen and oxygen atoms in total. The van der Waals surface area contributed by atoms with E-state index >= 15 is 0 Å². The molecule has 3 aromatic rings. The third-order valence-electron chi connectivity index (χ3n) is 5.89. The van der Waals surface area contributed by atoms with Gasteiger partial charge in [0.25, 0.3) is 0 Å². The van der Waals surface area contributed by atoms with Crippen molar-refractivity contribution in [3.05, 3.63) is 74.4 Å². The molecule has 0 spiro atoms. The summed E-state index contributed by atoms with van der Waals surface area (Å²) in [6.07, 6.45) is 5.34. The summed E-state index contributed by atoms with van der Waals surface area (Å²) in [6, 6.07) is 11.1. The molecule has 1 saturated carbocycles. The van der Waals surface area contributed by atoms with E-state index in [4.69, 9.17) is 0 Å². The van der Waals surface area contributed by atoms with Crippen molar-refractivity contribution in [1.82, 2.24) is 5.32 Å². The second kappa shape index (κ2) is 10.4. The summed E-state index contributed by atoms with van der Waals surface area (Å²) in [7, 11) is 0. The maximum Gasteiger partial charge on any atom is 0.248 e. The predicted molar refractivity (Wildman–Crippen MR) is 129 cm³/mol. The third kappa shape index (κ3) is 5.10. The first-order valence-corrected chi connectivity index (χ1v) is 12.7. The van der Waals surface area contributed by atoms with Crippen LogP contribution in [0.3, 0.4) is 0 Å². The van der Waals surface area contributed by atoms with Crippen molar-refractivity contribution in [2.75, 3.05) is 4.90 Å². The van der Waals surface area contributed by atoms with E-state index in [-0.39, 0.29) is 30.0 Å². The van der Waals surface area contributed by atoms with Gasteiger partial charge in [0.2, 0.25) is 11.8 Å². The van der Waals surface area contributed by atoms with Gasteiger partial charge in [0.05, 0.1) is 12.1 Å². The van der Waals surface area contributed by atoms with E-state index in [1.165, 1.54) is 40.1 Å². The minimum atomic E-state index is -0.915. The highest BCUT2D eigenvalue weighted by molar-refractivity contribution is 7.10. The lowest BCUT2D eigenvalue weighted by Gasteiger charge is -2.33. The largest absolute Gasteiger partial charge is 0.351 e. The monoisotopic (exact) mass is 470 g/mol. The molecule has 32 heavy (non-hydrogen) atoms. The zero-order valence-electron chi connectivity index (χ0n) is 18.1. The number of carbonyl (C=O) groups excluding carboxylic acids is 2. The Kier molecular flexibility index (Phi) is 7.37. The predicted octanol–water partition coefficient (Wildman–Crippen LogP) is 6.02. The van der Waals surface area contributed by atoms with Gasteiger partial charge in [0, 0.05) is 15.8 Å². The van der Waals surface area contributed by atoms with Crippen LogP contribution in [0.2, 0.25) is 0 Å². The van der Waals surface area contributed by atoms with Crippen molar-refractivity contribution >= 4 is 40.2 Å². The van der Waals surface area contributed by atoms with Gasteiger partial charge in [-0.25, -0.2) is 4.39 Å². The Hall–Kier alpha value is -2.51. The van der Waals surface area contributed by atoms with E-state index in [1.807, 2.05) is 35.9 Å². The normalized spacial score (nSPS) is 15.3. The number of aryl methyl sites for hydroxylation is 1. The first-order chi connectivity index (χ1) is 15.5. The minimum Gasteiger partial charge on any atom is -0.351 e. The van der Waals surface area contributed by atoms with Gasteiger partial charge in [-0.05, 0) is 60.4 Å². The van der Waals surface area contributed by atoms with Gasteiger partial charge in [-0.3, -0.25) is 14.5 Å². The van der Waals surface area contributed by atoms with E-state index in [0.29, 0.717) is 0 Å². The fraction of sp³-hybridized carbons (Fsp3) is 0.360. The summed E-state index contributed by atoms with van der Waals surface area (Å²) in [5.41, 5.74) is 1.05. The van der Waals surface area contributed by atoms with Crippen LogP contribution in [0, 0.1) is 12.7 Å². The number of nitrogens with zero attached hydrogens (tertiary/aromatic N) is 1. The van der Waals surface area contributed by atoms with Gasteiger partial charge in [-0.1, -0.05) is 37.5 Å². The molecule has 4 rings (SSSR count). The number of anilines is 1. The minimum absolute atomic E-state index is 0.0916. The van der Waals surface area contributed by atoms with Gasteiger partial charge in [0.15, 0.2) is 6.04 Å². The van der Waals surface area contributed by atoms with Crippen molar-refractivity contribution < 1.29 is 14.0 Å². The average Bonchev–Trinajstić information content (AvgIpc) is 3.45. The summed E-state index contributed by atoms with van der Waals surface area (Å²) in [6.45, 7) is 1.93. The van der Waals surface area contributed by atoms with Gasteiger partial charge in [-0.15, -0.1) is 22.7 Å². The molecule has 0 aliphatic heterocycles. The first-order valence-electron chi connectivity index (χ1n) is 11.0. The molecule has 0 saturated heterocycles. The number of thiophene rings is 2. The van der Waals surface area contributed by atoms with E-state index in [9.17, 15) is 14.0 Å². The molecule has 7 heteroatoms. The zero-order chi connectivity index (χ0) is 22.5. The maximum absolute atomic E-state index is 15.0. The molecule has 1 aromatic carbocycles. The Morgan fingerprint density at radius 1 is 1.06 bits per heavy atom. The lowest BCUT2D eigenvalue weighted by Crippen LogP contribution is -2.48. The fourth-order valence-electron chi connectivity index (χ4n) is 4.26. The number of rotatable bonds is 7. The van der Waals surface area contributed by atoms with Gasteiger partial charge < -0.3 is 5.32 Å². The standard InChI is InChI=1S/C25H27FN2O2S2/c1-17-13-15-32-24(17)23(25(30)27-18-8-3-2-4-9-18)28(21-12-6-5-11-20(21)26)22(29)16-19-10-7-14-31-19/h5-7,10-15,18,23H,2-4,8-9,16H2,1H3,(H,27,30). The molecule has 1 aliphatic rings. The maximum atomic E-state index is 15.0. The van der Waals surface area contributed by atoms with Crippen LogP contribution >= 0.6 is 22.7 Å². The van der Waals surface area contributed by atoms with Crippen LogP contribution in [-0.2, 0) is 16.0 Å². The van der Waals surface area contributed by atoms with Crippen molar-refractivity contribution in [2.45, 2.75) is 57.5 Å². The lowest BCUT2D eigenvalue weighted by atomic mass is 9.95. The number of nitrogens with one attached hydrogen (secondary N) is 1. The van der Waals surface area contributed by atoms with Crippen LogP contribution < -0.4 is 10.2 Å². The van der Waals surface area contributed by atoms with Crippen molar-refractivity contribution in [1.29, 1.82) is 0 Å². The summed E-state index contributed by atoms with van der Waals surface area (Å²) in [5, 5.41) is 6.99. The number of carbonyl (C=O) groups is 2. The van der Waals surface area contributed by atoms with Crippen LogP contribution in [0.4, 0.5) is 10.1 Å². The number of benzene rings is 1. The van der Waals surface area contributed by atoms with Crippen LogP contribution in [0.15, 0.2) is 53.2 Å². The van der Waals surface area contributed by atoms with E-state index < -0.39 is 11.9 Å². The Bertz CT molecular complexity index is 1060. The molecule has 1 unspecified atom stereocenters. The lowest BCUT2D eigenvalue weighted by molar-refractivity contribution is -0.127. The fourth-order valence-corrected chi connectivity index (χ4v) is 5.97. The molecule has 0 bridgehead atoms. The van der Waals surface area contributed by atoms with E-state index in [0.717, 1.165) is 41.0 Å². The molecule has 0 radical (unpaired) electrons. The summed E-state index contributed by atoms with van der Waals surface area (Å²) in [5.74, 6) is -1.06. The molecule has 2 heterocycles. The van der Waals surface area contributed by atoms with Crippen LogP contribution in [0.1, 0.15) is 53.5 Å². The molecule has 168 valence electrons. The van der Waals surface area contributed by atoms with E-state index in [2.05, 4.69) is 5.32 Å². The number of para-hydroxylation sites is 1. The number of halogens is 1. The number of hydrogen-bond acceptors (Lipinski definition) is 4. The Balaban J connectivity index is 1.75. The van der Waals surface area contributed by atoms with Crippen LogP contribution in [0.25, 0.3) is 0 Å². The molecule has 2 aromatic heterocycles. The van der Waals surface area contributed by atoms with Crippen molar-refractivity contribution in [3.8, 4) is 0 Å². The topological polar surface area (TPSA) is 49.4 Å². The SMILES string of the molecule is Cc1ccsc1C(C(=O)NC1CCCCC1)N(C(=O)Cc1cccs1)c1ccccc1F. The molecule has 1 atom stereocenters. The quantitative estimate of drug-likeness (QED) is 0.459. The Morgan fingerprint density at radius 2 is 1.84 bits per heavy atom. The molecule has 1 fully saturated rings. The first kappa shape index (κ1) is 22.7. The number of amides is 2. The third-order valence-corrected chi connectivity index (χ3v) is 7.84. The molecule has 1 N–H and O–H groups in total. The van der Waals surface area contributed by atoms with E-state index in [1.54, 1.807) is 18.2 Å². The van der Waals surface area contributed by atoms with Gasteiger partial charge in [0.1, 0.15) is 5.82 Å². The zero-order valence-corrected chi connectivity index (χ0v) is 19.7. The highest BCUT2D eigenvalue weighted by atomic mass is 32.1. The molecule has 2 amide bonds. The van der Waals surface area contributed by atoms with Crippen LogP contribution in [0.5, 0.6) is 0 Å². The molecular weight excluding hydrogens is 443 g/mol. The smallest absolute Gasteiger partial charge is 0.248 e. The summed E-state index contributed by atoms with van der Waals surface area (Å²) >= 11 is 2.91. The Labute approximate surface area is 196 Å². The Morgan fingerprint density at radius 3 is 2.50 bits per heavy atom.